The minimum absolute atomic E-state index is 0.0661. The van der Waals surface area contributed by atoms with Crippen molar-refractivity contribution < 1.29 is 19.1 Å². The highest BCUT2D eigenvalue weighted by Gasteiger charge is 2.09. The van der Waals surface area contributed by atoms with Crippen LogP contribution in [0.1, 0.15) is 23.7 Å². The average molecular weight is 313 g/mol. The number of ether oxygens (including phenoxy) is 2. The van der Waals surface area contributed by atoms with E-state index in [2.05, 4.69) is 5.32 Å². The Kier molecular flexibility index (Phi) is 5.74. The number of amides is 1. The minimum Gasteiger partial charge on any atom is -0.493 e. The van der Waals surface area contributed by atoms with Crippen LogP contribution in [0.3, 0.4) is 0 Å². The number of rotatable bonds is 7. The van der Waals surface area contributed by atoms with Crippen LogP contribution in [0.15, 0.2) is 48.5 Å². The predicted octanol–water partition coefficient (Wildman–Crippen LogP) is 3.31. The molecule has 5 heteroatoms. The third kappa shape index (κ3) is 4.57. The summed E-state index contributed by atoms with van der Waals surface area (Å²) >= 11 is 0. The molecule has 0 aromatic heterocycles. The van der Waals surface area contributed by atoms with E-state index in [1.807, 2.05) is 12.1 Å². The lowest BCUT2D eigenvalue weighted by molar-refractivity contribution is -0.115. The van der Waals surface area contributed by atoms with Gasteiger partial charge in [0.25, 0.3) is 0 Å². The molecule has 0 bridgehead atoms. The summed E-state index contributed by atoms with van der Waals surface area (Å²) in [5.41, 5.74) is 1.19. The lowest BCUT2D eigenvalue weighted by Gasteiger charge is -2.10. The Labute approximate surface area is 135 Å². The smallest absolute Gasteiger partial charge is 0.224 e. The summed E-state index contributed by atoms with van der Waals surface area (Å²) in [7, 11) is 1.55. The summed E-state index contributed by atoms with van der Waals surface area (Å²) in [5.74, 6) is 0.890. The van der Waals surface area contributed by atoms with Gasteiger partial charge in [-0.2, -0.15) is 0 Å². The van der Waals surface area contributed by atoms with Crippen LogP contribution >= 0.6 is 0 Å². The van der Waals surface area contributed by atoms with E-state index in [0.29, 0.717) is 29.2 Å². The molecule has 0 saturated carbocycles. The highest BCUT2D eigenvalue weighted by Crippen LogP contribution is 2.25. The Morgan fingerprint density at radius 1 is 1.00 bits per heavy atom. The Hall–Kier alpha value is -2.82. The molecule has 0 saturated heterocycles. The fourth-order valence-electron chi connectivity index (χ4n) is 1.95. The molecule has 0 aliphatic carbocycles. The van der Waals surface area contributed by atoms with E-state index >= 15 is 0 Å². The van der Waals surface area contributed by atoms with E-state index in [1.54, 1.807) is 50.4 Å². The molecule has 5 nitrogen and oxygen atoms in total. The first-order chi connectivity index (χ1) is 11.1. The summed E-state index contributed by atoms with van der Waals surface area (Å²) in [5, 5.41) is 2.73. The molecule has 1 N–H and O–H groups in total. The Bertz CT molecular complexity index is 680. The standard InChI is InChI=1S/C18H19NO4/c1-3-18(21)19-14-10-8-13(9-11-14)15(20)12-23-17-7-5-4-6-16(17)22-2/h4-11H,3,12H2,1-2H3,(H,19,21). The number of carbonyl (C=O) groups is 2. The molecule has 0 atom stereocenters. The van der Waals surface area contributed by atoms with Crippen LogP contribution in [0, 0.1) is 0 Å². The lowest BCUT2D eigenvalue weighted by Crippen LogP contribution is -2.13. The fraction of sp³-hybridized carbons (Fsp3) is 0.222. The number of Topliss-reactive ketones (excluding diaryl/α,β-unsaturated/α-hetero) is 1. The maximum absolute atomic E-state index is 12.2. The van der Waals surface area contributed by atoms with Crippen molar-refractivity contribution in [3.8, 4) is 11.5 Å². The normalized spacial score (nSPS) is 10.0. The van der Waals surface area contributed by atoms with Gasteiger partial charge in [-0.3, -0.25) is 9.59 Å². The largest absolute Gasteiger partial charge is 0.493 e. The monoisotopic (exact) mass is 313 g/mol. The van der Waals surface area contributed by atoms with Gasteiger partial charge < -0.3 is 14.8 Å². The molecule has 0 unspecified atom stereocenters. The van der Waals surface area contributed by atoms with E-state index in [9.17, 15) is 9.59 Å². The number of anilines is 1. The first-order valence-electron chi connectivity index (χ1n) is 7.33. The molecule has 1 amide bonds. The molecular weight excluding hydrogens is 294 g/mol. The number of ketones is 1. The van der Waals surface area contributed by atoms with Crippen LogP contribution in [0.2, 0.25) is 0 Å². The second-order valence-corrected chi connectivity index (χ2v) is 4.84. The van der Waals surface area contributed by atoms with Gasteiger partial charge in [0.2, 0.25) is 5.91 Å². The summed E-state index contributed by atoms with van der Waals surface area (Å²) in [4.78, 5) is 23.5. The number of hydrogen-bond donors (Lipinski definition) is 1. The highest BCUT2D eigenvalue weighted by atomic mass is 16.5. The third-order valence-electron chi connectivity index (χ3n) is 3.24. The maximum Gasteiger partial charge on any atom is 0.224 e. The molecule has 2 aromatic carbocycles. The van der Waals surface area contributed by atoms with Crippen LogP contribution in [0.5, 0.6) is 11.5 Å². The molecule has 0 radical (unpaired) electrons. The van der Waals surface area contributed by atoms with E-state index in [0.717, 1.165) is 0 Å². The van der Waals surface area contributed by atoms with Crippen molar-refractivity contribution >= 4 is 17.4 Å². The van der Waals surface area contributed by atoms with Gasteiger partial charge in [-0.1, -0.05) is 19.1 Å². The zero-order valence-corrected chi connectivity index (χ0v) is 13.2. The lowest BCUT2D eigenvalue weighted by atomic mass is 10.1. The minimum atomic E-state index is -0.149. The van der Waals surface area contributed by atoms with Crippen LogP contribution in [-0.4, -0.2) is 25.4 Å². The molecule has 0 spiro atoms. The average Bonchev–Trinajstić information content (AvgIpc) is 2.60. The van der Waals surface area contributed by atoms with E-state index in [-0.39, 0.29) is 18.3 Å². The predicted molar refractivity (Wildman–Crippen MR) is 88.2 cm³/mol. The number of carbonyl (C=O) groups excluding carboxylic acids is 2. The number of benzene rings is 2. The van der Waals surface area contributed by atoms with Crippen molar-refractivity contribution in [1.82, 2.24) is 0 Å². The van der Waals surface area contributed by atoms with E-state index < -0.39 is 0 Å². The van der Waals surface area contributed by atoms with E-state index in [1.165, 1.54) is 0 Å². The van der Waals surface area contributed by atoms with Crippen molar-refractivity contribution in [3.63, 3.8) is 0 Å². The van der Waals surface area contributed by atoms with Crippen molar-refractivity contribution in [3.05, 3.63) is 54.1 Å². The molecule has 0 heterocycles. The number of nitrogens with one attached hydrogen (secondary N) is 1. The van der Waals surface area contributed by atoms with Crippen LogP contribution < -0.4 is 14.8 Å². The topological polar surface area (TPSA) is 64.6 Å². The first kappa shape index (κ1) is 16.5. The van der Waals surface area contributed by atoms with E-state index in [4.69, 9.17) is 9.47 Å². The molecule has 2 aromatic rings. The van der Waals surface area contributed by atoms with Gasteiger partial charge in [-0.05, 0) is 36.4 Å². The number of methoxy groups -OCH3 is 1. The van der Waals surface area contributed by atoms with Gasteiger partial charge in [0.15, 0.2) is 23.9 Å². The Morgan fingerprint density at radius 3 is 2.26 bits per heavy atom. The Balaban J connectivity index is 1.97. The van der Waals surface area contributed by atoms with Gasteiger partial charge in [-0.25, -0.2) is 0 Å². The molecule has 23 heavy (non-hydrogen) atoms. The van der Waals surface area contributed by atoms with Crippen LogP contribution in [-0.2, 0) is 4.79 Å². The van der Waals surface area contributed by atoms with Crippen LogP contribution in [0.25, 0.3) is 0 Å². The first-order valence-corrected chi connectivity index (χ1v) is 7.33. The van der Waals surface area contributed by atoms with Gasteiger partial charge in [0.05, 0.1) is 7.11 Å². The summed E-state index contributed by atoms with van der Waals surface area (Å²) in [6, 6.07) is 13.9. The van der Waals surface area contributed by atoms with Gasteiger partial charge in [0, 0.05) is 17.7 Å². The fourth-order valence-corrected chi connectivity index (χ4v) is 1.95. The third-order valence-corrected chi connectivity index (χ3v) is 3.24. The SMILES string of the molecule is CCC(=O)Nc1ccc(C(=O)COc2ccccc2OC)cc1. The highest BCUT2D eigenvalue weighted by molar-refractivity contribution is 5.98. The second kappa shape index (κ2) is 7.98. The molecular formula is C18H19NO4. The van der Waals surface area contributed by atoms with Gasteiger partial charge in [0.1, 0.15) is 0 Å². The Morgan fingerprint density at radius 2 is 1.65 bits per heavy atom. The van der Waals surface area contributed by atoms with Gasteiger partial charge in [-0.15, -0.1) is 0 Å². The van der Waals surface area contributed by atoms with Gasteiger partial charge >= 0.3 is 0 Å². The molecule has 0 aliphatic heterocycles. The molecule has 120 valence electrons. The van der Waals surface area contributed by atoms with Crippen molar-refractivity contribution in [2.24, 2.45) is 0 Å². The number of para-hydroxylation sites is 2. The second-order valence-electron chi connectivity index (χ2n) is 4.84. The summed E-state index contributed by atoms with van der Waals surface area (Å²) in [6.07, 6.45) is 0.410. The van der Waals surface area contributed by atoms with Crippen LogP contribution in [0.4, 0.5) is 5.69 Å². The molecule has 0 aliphatic rings. The number of hydrogen-bond acceptors (Lipinski definition) is 4. The van der Waals surface area contributed by atoms with Crippen molar-refractivity contribution in [2.75, 3.05) is 19.0 Å². The summed E-state index contributed by atoms with van der Waals surface area (Å²) < 4.78 is 10.7. The zero-order chi connectivity index (χ0) is 16.7. The zero-order valence-electron chi connectivity index (χ0n) is 13.2. The summed E-state index contributed by atoms with van der Waals surface area (Å²) in [6.45, 7) is 1.70. The quantitative estimate of drug-likeness (QED) is 0.797. The maximum atomic E-state index is 12.2. The molecule has 2 rings (SSSR count). The molecule has 0 fully saturated rings. The van der Waals surface area contributed by atoms with Crippen molar-refractivity contribution in [1.29, 1.82) is 0 Å². The van der Waals surface area contributed by atoms with Crippen molar-refractivity contribution in [2.45, 2.75) is 13.3 Å².